The van der Waals surface area contributed by atoms with Crippen LogP contribution in [0.5, 0.6) is 0 Å². The monoisotopic (exact) mass is 283 g/mol. The van der Waals surface area contributed by atoms with Gasteiger partial charge in [0.25, 0.3) is 6.43 Å². The molecule has 1 aromatic heterocycles. The third-order valence-electron chi connectivity index (χ3n) is 3.44. The first-order valence-electron chi connectivity index (χ1n) is 6.71. The number of alkyl halides is 2. The standard InChI is InChI=1S/C13H19F2N5/c1-9-3-6-20(7-4-9)13(16)18-8-11-17-5-2-10(19-11)12(14)15/h2,5,9,12H,3-4,6-8H2,1H3,(H2,16,18). The van der Waals surface area contributed by atoms with E-state index in [0.717, 1.165) is 25.9 Å². The summed E-state index contributed by atoms with van der Waals surface area (Å²) < 4.78 is 25.0. The van der Waals surface area contributed by atoms with Crippen LogP contribution < -0.4 is 5.73 Å². The van der Waals surface area contributed by atoms with E-state index in [-0.39, 0.29) is 18.1 Å². The number of rotatable bonds is 3. The quantitative estimate of drug-likeness (QED) is 0.680. The van der Waals surface area contributed by atoms with Crippen LogP contribution in [-0.4, -0.2) is 33.9 Å². The molecule has 0 spiro atoms. The summed E-state index contributed by atoms with van der Waals surface area (Å²) in [6.07, 6.45) is 0.904. The average Bonchev–Trinajstić information content (AvgIpc) is 2.46. The van der Waals surface area contributed by atoms with Crippen molar-refractivity contribution in [3.8, 4) is 0 Å². The van der Waals surface area contributed by atoms with Crippen LogP contribution in [0, 0.1) is 5.92 Å². The Balaban J connectivity index is 1.96. The molecule has 1 saturated heterocycles. The molecule has 0 atom stereocenters. The van der Waals surface area contributed by atoms with Crippen LogP contribution >= 0.6 is 0 Å². The molecule has 20 heavy (non-hydrogen) atoms. The van der Waals surface area contributed by atoms with Crippen molar-refractivity contribution in [3.63, 3.8) is 0 Å². The van der Waals surface area contributed by atoms with Gasteiger partial charge in [-0.2, -0.15) is 0 Å². The van der Waals surface area contributed by atoms with Crippen molar-refractivity contribution in [3.05, 3.63) is 23.8 Å². The minimum Gasteiger partial charge on any atom is -0.370 e. The fourth-order valence-electron chi connectivity index (χ4n) is 2.10. The van der Waals surface area contributed by atoms with E-state index in [1.807, 2.05) is 4.90 Å². The Labute approximate surface area is 116 Å². The number of nitrogens with zero attached hydrogens (tertiary/aromatic N) is 4. The summed E-state index contributed by atoms with van der Waals surface area (Å²) in [4.78, 5) is 13.9. The summed E-state index contributed by atoms with van der Waals surface area (Å²) in [5.41, 5.74) is 5.63. The maximum atomic E-state index is 12.5. The molecule has 2 heterocycles. The lowest BCUT2D eigenvalue weighted by Gasteiger charge is -2.30. The summed E-state index contributed by atoms with van der Waals surface area (Å²) in [7, 11) is 0. The van der Waals surface area contributed by atoms with Crippen molar-refractivity contribution in [2.24, 2.45) is 16.6 Å². The number of likely N-dealkylation sites (tertiary alicyclic amines) is 1. The SMILES string of the molecule is CC1CCN(C(N)=NCc2nccc(C(F)F)n2)CC1. The van der Waals surface area contributed by atoms with Crippen LogP contribution in [0.15, 0.2) is 17.3 Å². The van der Waals surface area contributed by atoms with Crippen molar-refractivity contribution in [1.82, 2.24) is 14.9 Å². The van der Waals surface area contributed by atoms with Crippen LogP contribution in [-0.2, 0) is 6.54 Å². The van der Waals surface area contributed by atoms with Crippen LogP contribution in [0.25, 0.3) is 0 Å². The molecular formula is C13H19F2N5. The van der Waals surface area contributed by atoms with Gasteiger partial charge in [0, 0.05) is 19.3 Å². The number of aliphatic imine (C=N–C) groups is 1. The summed E-state index contributed by atoms with van der Waals surface area (Å²) in [5, 5.41) is 0. The zero-order chi connectivity index (χ0) is 14.5. The number of hydrogen-bond acceptors (Lipinski definition) is 3. The van der Waals surface area contributed by atoms with E-state index in [2.05, 4.69) is 21.9 Å². The zero-order valence-electron chi connectivity index (χ0n) is 11.5. The molecule has 1 fully saturated rings. The van der Waals surface area contributed by atoms with E-state index in [9.17, 15) is 8.78 Å². The Morgan fingerprint density at radius 3 is 2.85 bits per heavy atom. The summed E-state index contributed by atoms with van der Waals surface area (Å²) in [5.74, 6) is 1.41. The van der Waals surface area contributed by atoms with Gasteiger partial charge in [-0.05, 0) is 24.8 Å². The number of piperidine rings is 1. The van der Waals surface area contributed by atoms with Crippen LogP contribution in [0.4, 0.5) is 8.78 Å². The zero-order valence-corrected chi connectivity index (χ0v) is 11.5. The molecule has 0 unspecified atom stereocenters. The van der Waals surface area contributed by atoms with Crippen molar-refractivity contribution >= 4 is 5.96 Å². The second kappa shape index (κ2) is 6.58. The maximum Gasteiger partial charge on any atom is 0.280 e. The molecule has 0 aliphatic carbocycles. The van der Waals surface area contributed by atoms with Gasteiger partial charge in [-0.3, -0.25) is 0 Å². The van der Waals surface area contributed by atoms with E-state index in [4.69, 9.17) is 5.73 Å². The average molecular weight is 283 g/mol. The molecule has 0 amide bonds. The topological polar surface area (TPSA) is 67.4 Å². The molecule has 5 nitrogen and oxygen atoms in total. The van der Waals surface area contributed by atoms with Crippen molar-refractivity contribution in [2.45, 2.75) is 32.7 Å². The molecule has 110 valence electrons. The molecule has 2 rings (SSSR count). The second-order valence-electron chi connectivity index (χ2n) is 5.04. The van der Waals surface area contributed by atoms with Gasteiger partial charge in [0.05, 0.1) is 0 Å². The van der Waals surface area contributed by atoms with Crippen LogP contribution in [0.2, 0.25) is 0 Å². The first-order valence-corrected chi connectivity index (χ1v) is 6.71. The fraction of sp³-hybridized carbons (Fsp3) is 0.615. The Bertz CT molecular complexity index is 470. The number of hydrogen-bond donors (Lipinski definition) is 1. The highest BCUT2D eigenvalue weighted by molar-refractivity contribution is 5.78. The third-order valence-corrected chi connectivity index (χ3v) is 3.44. The molecule has 1 aliphatic rings. The first-order chi connectivity index (χ1) is 9.56. The predicted molar refractivity (Wildman–Crippen MR) is 72.3 cm³/mol. The Kier molecular flexibility index (Phi) is 4.81. The summed E-state index contributed by atoms with van der Waals surface area (Å²) >= 11 is 0. The van der Waals surface area contributed by atoms with Crippen molar-refractivity contribution in [1.29, 1.82) is 0 Å². The highest BCUT2D eigenvalue weighted by atomic mass is 19.3. The molecule has 1 aromatic rings. The minimum atomic E-state index is -2.60. The largest absolute Gasteiger partial charge is 0.370 e. The van der Waals surface area contributed by atoms with E-state index < -0.39 is 6.43 Å². The van der Waals surface area contributed by atoms with E-state index >= 15 is 0 Å². The van der Waals surface area contributed by atoms with Crippen LogP contribution in [0.3, 0.4) is 0 Å². The lowest BCUT2D eigenvalue weighted by molar-refractivity contribution is 0.145. The molecular weight excluding hydrogens is 264 g/mol. The van der Waals surface area contributed by atoms with Gasteiger partial charge in [0.15, 0.2) is 5.96 Å². The fourth-order valence-corrected chi connectivity index (χ4v) is 2.10. The smallest absolute Gasteiger partial charge is 0.280 e. The Hall–Kier alpha value is -1.79. The second-order valence-corrected chi connectivity index (χ2v) is 5.04. The normalized spacial score (nSPS) is 17.8. The molecule has 2 N–H and O–H groups in total. The first kappa shape index (κ1) is 14.6. The lowest BCUT2D eigenvalue weighted by atomic mass is 10.00. The number of nitrogens with two attached hydrogens (primary N) is 1. The summed E-state index contributed by atoms with van der Waals surface area (Å²) in [6, 6.07) is 1.20. The predicted octanol–water partition coefficient (Wildman–Crippen LogP) is 1.96. The molecule has 0 aromatic carbocycles. The Morgan fingerprint density at radius 1 is 1.50 bits per heavy atom. The number of guanidine groups is 1. The van der Waals surface area contributed by atoms with Gasteiger partial charge in [0.1, 0.15) is 18.1 Å². The maximum absolute atomic E-state index is 12.5. The highest BCUT2D eigenvalue weighted by Crippen LogP contribution is 2.16. The van der Waals surface area contributed by atoms with Gasteiger partial charge in [-0.15, -0.1) is 0 Å². The van der Waals surface area contributed by atoms with Crippen molar-refractivity contribution < 1.29 is 8.78 Å². The van der Waals surface area contributed by atoms with Gasteiger partial charge in [-0.25, -0.2) is 23.7 Å². The Morgan fingerprint density at radius 2 is 2.20 bits per heavy atom. The summed E-state index contributed by atoms with van der Waals surface area (Å²) in [6.45, 7) is 4.11. The molecule has 0 saturated carbocycles. The van der Waals surface area contributed by atoms with E-state index in [1.165, 1.54) is 12.3 Å². The number of aromatic nitrogens is 2. The van der Waals surface area contributed by atoms with Crippen molar-refractivity contribution in [2.75, 3.05) is 13.1 Å². The van der Waals surface area contributed by atoms with E-state index in [1.54, 1.807) is 0 Å². The van der Waals surface area contributed by atoms with Gasteiger partial charge >= 0.3 is 0 Å². The third kappa shape index (κ3) is 3.85. The number of halogens is 2. The molecule has 1 aliphatic heterocycles. The van der Waals surface area contributed by atoms with Gasteiger partial charge in [-0.1, -0.05) is 6.92 Å². The molecule has 0 radical (unpaired) electrons. The van der Waals surface area contributed by atoms with Gasteiger partial charge < -0.3 is 10.6 Å². The molecule has 7 heteroatoms. The molecule has 0 bridgehead atoms. The highest BCUT2D eigenvalue weighted by Gasteiger charge is 2.17. The van der Waals surface area contributed by atoms with E-state index in [0.29, 0.717) is 11.9 Å². The van der Waals surface area contributed by atoms with Crippen LogP contribution in [0.1, 0.15) is 37.7 Å². The lowest BCUT2D eigenvalue weighted by Crippen LogP contribution is -2.42. The van der Waals surface area contributed by atoms with Gasteiger partial charge in [0.2, 0.25) is 0 Å². The minimum absolute atomic E-state index is 0.123.